The fourth-order valence-corrected chi connectivity index (χ4v) is 2.04. The zero-order valence-electron chi connectivity index (χ0n) is 11.9. The van der Waals surface area contributed by atoms with Gasteiger partial charge >= 0.3 is 0 Å². The van der Waals surface area contributed by atoms with Gasteiger partial charge in [-0.15, -0.1) is 0 Å². The molecule has 2 heterocycles. The summed E-state index contributed by atoms with van der Waals surface area (Å²) in [6.45, 7) is 6.95. The van der Waals surface area contributed by atoms with Crippen LogP contribution in [0.1, 0.15) is 31.3 Å². The zero-order valence-corrected chi connectivity index (χ0v) is 12.6. The molecular weight excluding hydrogens is 276 g/mol. The van der Waals surface area contributed by atoms with Crippen LogP contribution in [0, 0.1) is 5.41 Å². The maximum atomic E-state index is 12.2. The lowest BCUT2D eigenvalue weighted by Gasteiger charge is -2.31. The average molecular weight is 295 g/mol. The van der Waals surface area contributed by atoms with Gasteiger partial charge in [0.25, 0.3) is 5.91 Å². The van der Waals surface area contributed by atoms with Crippen molar-refractivity contribution in [3.63, 3.8) is 0 Å². The molecule has 1 amide bonds. The molecule has 2 rings (SSSR count). The minimum absolute atomic E-state index is 0.0220. The Bertz CT molecular complexity index is 568. The number of aromatic nitrogens is 3. The van der Waals surface area contributed by atoms with E-state index < -0.39 is 0 Å². The molecule has 2 N–H and O–H groups in total. The minimum Gasteiger partial charge on any atom is -0.356 e. The summed E-state index contributed by atoms with van der Waals surface area (Å²) in [4.78, 5) is 19.1. The number of carbonyl (C=O) groups excluding carboxylic acids is 1. The number of imidazole rings is 1. The molecule has 0 bridgehead atoms. The van der Waals surface area contributed by atoms with E-state index in [0.29, 0.717) is 17.3 Å². The number of nitrogens with one attached hydrogen (secondary N) is 2. The Morgan fingerprint density at radius 3 is 2.80 bits per heavy atom. The van der Waals surface area contributed by atoms with Crippen LogP contribution < -0.4 is 5.32 Å². The third kappa shape index (κ3) is 3.63. The number of hydrogen-bond donors (Lipinski definition) is 2. The smallest absolute Gasteiger partial charge is 0.268 e. The molecule has 1 atom stereocenters. The zero-order chi connectivity index (χ0) is 14.8. The van der Waals surface area contributed by atoms with Crippen molar-refractivity contribution in [2.45, 2.75) is 33.4 Å². The van der Waals surface area contributed by atoms with Gasteiger partial charge < -0.3 is 14.9 Å². The van der Waals surface area contributed by atoms with Gasteiger partial charge in [0.1, 0.15) is 5.69 Å². The average Bonchev–Trinajstić information content (AvgIpc) is 2.98. The second-order valence-electron chi connectivity index (χ2n) is 5.88. The van der Waals surface area contributed by atoms with Gasteiger partial charge in [-0.1, -0.05) is 32.4 Å². The Kier molecular flexibility index (Phi) is 4.18. The van der Waals surface area contributed by atoms with Crippen LogP contribution >= 0.6 is 11.6 Å². The molecule has 20 heavy (non-hydrogen) atoms. The highest BCUT2D eigenvalue weighted by molar-refractivity contribution is 6.30. The van der Waals surface area contributed by atoms with E-state index >= 15 is 0 Å². The molecule has 0 aliphatic carbocycles. The number of aromatic amines is 1. The van der Waals surface area contributed by atoms with Gasteiger partial charge in [0.15, 0.2) is 0 Å². The standard InChI is InChI=1S/C14H19ClN4O/c1-14(2,3)12(8-19-5-4-16-9-19)18-13(20)11-6-10(15)7-17-11/h4-7,9,12,17H,8H2,1-3H3,(H,18,20). The Balaban J connectivity index is 2.10. The van der Waals surface area contributed by atoms with E-state index in [9.17, 15) is 4.79 Å². The number of nitrogens with zero attached hydrogens (tertiary/aromatic N) is 2. The van der Waals surface area contributed by atoms with E-state index in [-0.39, 0.29) is 17.4 Å². The van der Waals surface area contributed by atoms with Gasteiger partial charge in [-0.2, -0.15) is 0 Å². The lowest BCUT2D eigenvalue weighted by molar-refractivity contribution is 0.0888. The van der Waals surface area contributed by atoms with Crippen LogP contribution in [0.3, 0.4) is 0 Å². The summed E-state index contributed by atoms with van der Waals surface area (Å²) in [5.74, 6) is -0.156. The quantitative estimate of drug-likeness (QED) is 0.911. The molecule has 0 aliphatic heterocycles. The van der Waals surface area contributed by atoms with Gasteiger partial charge in [-0.3, -0.25) is 4.79 Å². The fraction of sp³-hybridized carbons (Fsp3) is 0.429. The monoisotopic (exact) mass is 294 g/mol. The topological polar surface area (TPSA) is 62.7 Å². The number of amides is 1. The number of carbonyl (C=O) groups is 1. The van der Waals surface area contributed by atoms with Crippen LogP contribution in [0.5, 0.6) is 0 Å². The highest BCUT2D eigenvalue weighted by atomic mass is 35.5. The summed E-state index contributed by atoms with van der Waals surface area (Å²) in [5.41, 5.74) is 0.394. The highest BCUT2D eigenvalue weighted by Gasteiger charge is 2.27. The normalized spacial score (nSPS) is 13.2. The van der Waals surface area contributed by atoms with Gasteiger partial charge in [0, 0.05) is 25.1 Å². The molecule has 108 valence electrons. The molecule has 0 aromatic carbocycles. The molecule has 0 radical (unpaired) electrons. The third-order valence-electron chi connectivity index (χ3n) is 3.20. The van der Waals surface area contributed by atoms with Crippen LogP contribution in [-0.2, 0) is 6.54 Å². The maximum Gasteiger partial charge on any atom is 0.268 e. The van der Waals surface area contributed by atoms with E-state index in [1.807, 2.05) is 10.8 Å². The molecule has 0 saturated carbocycles. The van der Waals surface area contributed by atoms with Crippen molar-refractivity contribution in [3.8, 4) is 0 Å². The summed E-state index contributed by atoms with van der Waals surface area (Å²) >= 11 is 5.82. The summed E-state index contributed by atoms with van der Waals surface area (Å²) in [5, 5.41) is 3.57. The van der Waals surface area contributed by atoms with Crippen LogP contribution in [0.15, 0.2) is 31.0 Å². The molecule has 1 unspecified atom stereocenters. The van der Waals surface area contributed by atoms with Crippen molar-refractivity contribution < 1.29 is 4.79 Å². The van der Waals surface area contributed by atoms with Crippen LogP contribution in [0.25, 0.3) is 0 Å². The van der Waals surface area contributed by atoms with Crippen molar-refractivity contribution in [1.82, 2.24) is 19.9 Å². The van der Waals surface area contributed by atoms with Crippen molar-refractivity contribution in [1.29, 1.82) is 0 Å². The summed E-state index contributed by atoms with van der Waals surface area (Å²) < 4.78 is 1.96. The van der Waals surface area contributed by atoms with Crippen LogP contribution in [0.4, 0.5) is 0 Å². The first kappa shape index (κ1) is 14.7. The molecule has 6 heteroatoms. The SMILES string of the molecule is CC(C)(C)C(Cn1ccnc1)NC(=O)c1cc(Cl)c[nH]1. The second kappa shape index (κ2) is 5.71. The molecule has 2 aromatic rings. The first-order valence-electron chi connectivity index (χ1n) is 6.47. The molecule has 5 nitrogen and oxygen atoms in total. The Hall–Kier alpha value is -1.75. The molecule has 0 saturated heterocycles. The van der Waals surface area contributed by atoms with Crippen LogP contribution in [-0.4, -0.2) is 26.5 Å². The Labute approximate surface area is 123 Å². The maximum absolute atomic E-state index is 12.2. The summed E-state index contributed by atoms with van der Waals surface area (Å²) in [6.07, 6.45) is 6.96. The fourth-order valence-electron chi connectivity index (χ4n) is 1.88. The Morgan fingerprint density at radius 2 is 2.30 bits per heavy atom. The predicted molar refractivity (Wildman–Crippen MR) is 78.7 cm³/mol. The van der Waals surface area contributed by atoms with Crippen molar-refractivity contribution in [2.75, 3.05) is 0 Å². The van der Waals surface area contributed by atoms with E-state index in [2.05, 4.69) is 36.1 Å². The lowest BCUT2D eigenvalue weighted by Crippen LogP contribution is -2.46. The van der Waals surface area contributed by atoms with Crippen molar-refractivity contribution in [2.24, 2.45) is 5.41 Å². The van der Waals surface area contributed by atoms with Crippen molar-refractivity contribution in [3.05, 3.63) is 41.7 Å². The Morgan fingerprint density at radius 1 is 1.55 bits per heavy atom. The first-order valence-corrected chi connectivity index (χ1v) is 6.84. The van der Waals surface area contributed by atoms with E-state index in [4.69, 9.17) is 11.6 Å². The van der Waals surface area contributed by atoms with E-state index in [0.717, 1.165) is 0 Å². The molecular formula is C14H19ClN4O. The molecule has 0 aliphatic rings. The van der Waals surface area contributed by atoms with Gasteiger partial charge in [-0.25, -0.2) is 4.98 Å². The minimum atomic E-state index is -0.156. The number of rotatable bonds is 4. The van der Waals surface area contributed by atoms with E-state index in [1.54, 1.807) is 24.8 Å². The predicted octanol–water partition coefficient (Wildman–Crippen LogP) is 2.71. The van der Waals surface area contributed by atoms with Gasteiger partial charge in [0.05, 0.1) is 17.4 Å². The third-order valence-corrected chi connectivity index (χ3v) is 3.41. The largest absolute Gasteiger partial charge is 0.356 e. The first-order chi connectivity index (χ1) is 9.36. The summed E-state index contributed by atoms with van der Waals surface area (Å²) in [6, 6.07) is 1.60. The number of halogens is 1. The second-order valence-corrected chi connectivity index (χ2v) is 6.32. The van der Waals surface area contributed by atoms with Gasteiger partial charge in [0.2, 0.25) is 0 Å². The van der Waals surface area contributed by atoms with E-state index in [1.165, 1.54) is 0 Å². The molecule has 0 fully saturated rings. The molecule has 0 spiro atoms. The summed E-state index contributed by atoms with van der Waals surface area (Å²) in [7, 11) is 0. The molecule has 2 aromatic heterocycles. The number of hydrogen-bond acceptors (Lipinski definition) is 2. The lowest BCUT2D eigenvalue weighted by atomic mass is 9.86. The van der Waals surface area contributed by atoms with Crippen LogP contribution in [0.2, 0.25) is 5.02 Å². The van der Waals surface area contributed by atoms with Gasteiger partial charge in [-0.05, 0) is 11.5 Å². The van der Waals surface area contributed by atoms with Crippen molar-refractivity contribution >= 4 is 17.5 Å². The highest BCUT2D eigenvalue weighted by Crippen LogP contribution is 2.21. The number of H-pyrrole nitrogens is 1.